The zero-order chi connectivity index (χ0) is 12.0. The fraction of sp³-hybridized carbons (Fsp3) is 0.143. The van der Waals surface area contributed by atoms with E-state index < -0.39 is 0 Å². The molecule has 0 bridgehead atoms. The standard InChI is InChI=1S/2C7H8S.Pb/c2*1-6-2-4-7(8)5-3-6;/h2*2-5,8H,1H3;. The van der Waals surface area contributed by atoms with Gasteiger partial charge in [0, 0.05) is 37.1 Å². The summed E-state index contributed by atoms with van der Waals surface area (Å²) in [5, 5.41) is 0. The molecular weight excluding hydrogens is 439 g/mol. The van der Waals surface area contributed by atoms with Crippen molar-refractivity contribution in [1.82, 2.24) is 0 Å². The van der Waals surface area contributed by atoms with E-state index in [-0.39, 0.29) is 27.3 Å². The van der Waals surface area contributed by atoms with Gasteiger partial charge in [-0.15, -0.1) is 25.3 Å². The van der Waals surface area contributed by atoms with Crippen LogP contribution in [0.5, 0.6) is 0 Å². The van der Waals surface area contributed by atoms with Crippen LogP contribution >= 0.6 is 25.3 Å². The molecule has 2 rings (SSSR count). The maximum Gasteiger partial charge on any atom is 0.00401 e. The molecule has 4 radical (unpaired) electrons. The van der Waals surface area contributed by atoms with E-state index in [0.717, 1.165) is 9.79 Å². The van der Waals surface area contributed by atoms with Gasteiger partial charge in [0.2, 0.25) is 0 Å². The Hall–Kier alpha value is 0.0621. The molecule has 0 heterocycles. The predicted octanol–water partition coefficient (Wildman–Crippen LogP) is 4.19. The average Bonchev–Trinajstić information content (AvgIpc) is 2.28. The zero-order valence-corrected chi connectivity index (χ0v) is 15.7. The maximum atomic E-state index is 4.13. The monoisotopic (exact) mass is 456 g/mol. The van der Waals surface area contributed by atoms with Crippen LogP contribution in [0.1, 0.15) is 11.1 Å². The van der Waals surface area contributed by atoms with Crippen molar-refractivity contribution in [3.05, 3.63) is 59.7 Å². The third kappa shape index (κ3) is 7.89. The van der Waals surface area contributed by atoms with Gasteiger partial charge in [-0.05, 0) is 38.1 Å². The Morgan fingerprint density at radius 2 is 0.824 bits per heavy atom. The van der Waals surface area contributed by atoms with Crippen molar-refractivity contribution in [1.29, 1.82) is 0 Å². The summed E-state index contributed by atoms with van der Waals surface area (Å²) in [5.74, 6) is 0. The molecular formula is C14H16PbS2. The Morgan fingerprint density at radius 1 is 0.588 bits per heavy atom. The van der Waals surface area contributed by atoms with Crippen molar-refractivity contribution >= 4 is 52.6 Å². The Bertz CT molecular complexity index is 335. The van der Waals surface area contributed by atoms with Gasteiger partial charge in [-0.1, -0.05) is 35.4 Å². The average molecular weight is 456 g/mol. The van der Waals surface area contributed by atoms with Gasteiger partial charge >= 0.3 is 0 Å². The molecule has 0 spiro atoms. The third-order valence-corrected chi connectivity index (χ3v) is 2.66. The van der Waals surface area contributed by atoms with Crippen LogP contribution in [-0.4, -0.2) is 27.3 Å². The molecule has 2 aromatic rings. The van der Waals surface area contributed by atoms with E-state index in [1.807, 2.05) is 48.5 Å². The maximum absolute atomic E-state index is 4.13. The van der Waals surface area contributed by atoms with Crippen LogP contribution in [0.15, 0.2) is 58.3 Å². The van der Waals surface area contributed by atoms with Crippen molar-refractivity contribution in [3.63, 3.8) is 0 Å². The van der Waals surface area contributed by atoms with Gasteiger partial charge in [0.05, 0.1) is 0 Å². The van der Waals surface area contributed by atoms with Crippen molar-refractivity contribution < 1.29 is 0 Å². The van der Waals surface area contributed by atoms with Crippen LogP contribution in [0.25, 0.3) is 0 Å². The van der Waals surface area contributed by atoms with Crippen molar-refractivity contribution in [2.24, 2.45) is 0 Å². The molecule has 0 atom stereocenters. The molecule has 0 aliphatic rings. The Labute approximate surface area is 135 Å². The van der Waals surface area contributed by atoms with Gasteiger partial charge in [-0.2, -0.15) is 0 Å². The van der Waals surface area contributed by atoms with E-state index in [0.29, 0.717) is 0 Å². The molecule has 0 fully saturated rings. The molecule has 88 valence electrons. The first-order valence-electron chi connectivity index (χ1n) is 5.09. The number of benzene rings is 2. The summed E-state index contributed by atoms with van der Waals surface area (Å²) in [7, 11) is 0. The number of rotatable bonds is 0. The summed E-state index contributed by atoms with van der Waals surface area (Å²) in [4.78, 5) is 2.05. The largest absolute Gasteiger partial charge is 0.143 e. The third-order valence-electron chi connectivity index (χ3n) is 2.07. The van der Waals surface area contributed by atoms with Crippen LogP contribution in [0, 0.1) is 13.8 Å². The Kier molecular flexibility index (Phi) is 9.09. The minimum Gasteiger partial charge on any atom is -0.143 e. The van der Waals surface area contributed by atoms with E-state index in [1.165, 1.54) is 11.1 Å². The normalized spacial score (nSPS) is 8.71. The predicted molar refractivity (Wildman–Crippen MR) is 82.6 cm³/mol. The fourth-order valence-corrected chi connectivity index (χ4v) is 1.39. The summed E-state index contributed by atoms with van der Waals surface area (Å²) < 4.78 is 0. The second-order valence-electron chi connectivity index (χ2n) is 3.67. The summed E-state index contributed by atoms with van der Waals surface area (Å²) >= 11 is 8.26. The van der Waals surface area contributed by atoms with Crippen LogP contribution in [0.2, 0.25) is 0 Å². The second kappa shape index (κ2) is 9.05. The van der Waals surface area contributed by atoms with Crippen LogP contribution in [0.4, 0.5) is 0 Å². The molecule has 0 nitrogen and oxygen atoms in total. The summed E-state index contributed by atoms with van der Waals surface area (Å²) in [6, 6.07) is 16.1. The van der Waals surface area contributed by atoms with Gasteiger partial charge < -0.3 is 0 Å². The van der Waals surface area contributed by atoms with E-state index in [9.17, 15) is 0 Å². The van der Waals surface area contributed by atoms with Gasteiger partial charge in [-0.25, -0.2) is 0 Å². The minimum atomic E-state index is 0. The molecule has 17 heavy (non-hydrogen) atoms. The molecule has 0 saturated carbocycles. The van der Waals surface area contributed by atoms with Crippen molar-refractivity contribution in [2.45, 2.75) is 23.6 Å². The minimum absolute atomic E-state index is 0. The van der Waals surface area contributed by atoms with Gasteiger partial charge in [0.25, 0.3) is 0 Å². The van der Waals surface area contributed by atoms with E-state index in [1.54, 1.807) is 0 Å². The van der Waals surface area contributed by atoms with Crippen LogP contribution in [0.3, 0.4) is 0 Å². The molecule has 0 amide bonds. The number of hydrogen-bond acceptors (Lipinski definition) is 2. The quantitative estimate of drug-likeness (QED) is 0.432. The van der Waals surface area contributed by atoms with Crippen molar-refractivity contribution in [3.8, 4) is 0 Å². The van der Waals surface area contributed by atoms with E-state index in [4.69, 9.17) is 0 Å². The molecule has 2 aromatic carbocycles. The molecule has 0 aromatic heterocycles. The molecule has 0 saturated heterocycles. The topological polar surface area (TPSA) is 0 Å². The Morgan fingerprint density at radius 3 is 1.00 bits per heavy atom. The van der Waals surface area contributed by atoms with Crippen molar-refractivity contribution in [2.75, 3.05) is 0 Å². The first-order chi connectivity index (χ1) is 7.58. The molecule has 0 N–H and O–H groups in total. The molecule has 0 aliphatic carbocycles. The fourth-order valence-electron chi connectivity index (χ4n) is 1.09. The number of aryl methyl sites for hydroxylation is 2. The Balaban J connectivity index is 0.000000284. The van der Waals surface area contributed by atoms with E-state index in [2.05, 4.69) is 39.1 Å². The first kappa shape index (κ1) is 17.1. The van der Waals surface area contributed by atoms with Gasteiger partial charge in [0.1, 0.15) is 0 Å². The summed E-state index contributed by atoms with van der Waals surface area (Å²) in [6.45, 7) is 4.13. The first-order valence-corrected chi connectivity index (χ1v) is 5.98. The number of hydrogen-bond donors (Lipinski definition) is 2. The SMILES string of the molecule is Cc1ccc(S)cc1.Cc1ccc(S)cc1.[Pb]. The van der Waals surface area contributed by atoms with E-state index >= 15 is 0 Å². The smallest absolute Gasteiger partial charge is 0.00401 e. The zero-order valence-electron chi connectivity index (χ0n) is 10.0. The van der Waals surface area contributed by atoms with Gasteiger partial charge in [0.15, 0.2) is 0 Å². The summed E-state index contributed by atoms with van der Waals surface area (Å²) in [5.41, 5.74) is 2.56. The second-order valence-corrected chi connectivity index (χ2v) is 4.70. The van der Waals surface area contributed by atoms with Gasteiger partial charge in [-0.3, -0.25) is 0 Å². The molecule has 0 unspecified atom stereocenters. The number of thiol groups is 2. The molecule has 3 heteroatoms. The van der Waals surface area contributed by atoms with Crippen LogP contribution < -0.4 is 0 Å². The molecule has 0 aliphatic heterocycles. The summed E-state index contributed by atoms with van der Waals surface area (Å²) in [6.07, 6.45) is 0. The van der Waals surface area contributed by atoms with Crippen LogP contribution in [-0.2, 0) is 0 Å².